The Labute approximate surface area is 146 Å². The molecule has 128 valence electrons. The van der Waals surface area contributed by atoms with Gasteiger partial charge in [-0.1, -0.05) is 55.8 Å². The van der Waals surface area contributed by atoms with Crippen LogP contribution in [0.4, 0.5) is 0 Å². The standard InChI is InChI=1S/C20H19NO4/c1-2-8-18-20(24)21(13-16(22)14-9-4-3-5-10-14)19(23)15-11-6-7-12-17(15)25-18/h3-7,9-12,18H,2,8,13H2,1H3/t18-/m0/s1. The number of para-hydroxylation sites is 1. The van der Waals surface area contributed by atoms with Crippen LogP contribution < -0.4 is 4.74 Å². The van der Waals surface area contributed by atoms with Crippen LogP contribution in [-0.2, 0) is 4.79 Å². The number of carbonyl (C=O) groups is 3. The van der Waals surface area contributed by atoms with Crippen LogP contribution in [0, 0.1) is 0 Å². The highest BCUT2D eigenvalue weighted by Gasteiger charge is 2.36. The summed E-state index contributed by atoms with van der Waals surface area (Å²) in [6.07, 6.45) is 0.449. The largest absolute Gasteiger partial charge is 0.480 e. The minimum Gasteiger partial charge on any atom is -0.480 e. The molecule has 0 spiro atoms. The van der Waals surface area contributed by atoms with E-state index < -0.39 is 17.9 Å². The van der Waals surface area contributed by atoms with Crippen LogP contribution in [0.3, 0.4) is 0 Å². The third-order valence-electron chi connectivity index (χ3n) is 4.12. The fraction of sp³-hybridized carbons (Fsp3) is 0.250. The molecule has 5 nitrogen and oxygen atoms in total. The summed E-state index contributed by atoms with van der Waals surface area (Å²) in [5.41, 5.74) is 0.768. The Morgan fingerprint density at radius 2 is 1.72 bits per heavy atom. The minimum absolute atomic E-state index is 0.281. The Morgan fingerprint density at radius 1 is 1.04 bits per heavy atom. The zero-order chi connectivity index (χ0) is 17.8. The first kappa shape index (κ1) is 16.9. The maximum absolute atomic E-state index is 12.8. The quantitative estimate of drug-likeness (QED) is 0.621. The van der Waals surface area contributed by atoms with Gasteiger partial charge in [-0.3, -0.25) is 19.3 Å². The van der Waals surface area contributed by atoms with Gasteiger partial charge in [0.1, 0.15) is 5.75 Å². The van der Waals surface area contributed by atoms with Crippen LogP contribution in [0.25, 0.3) is 0 Å². The van der Waals surface area contributed by atoms with E-state index in [0.717, 1.165) is 11.3 Å². The molecule has 2 amide bonds. The van der Waals surface area contributed by atoms with Gasteiger partial charge in [0.05, 0.1) is 12.1 Å². The fourth-order valence-electron chi connectivity index (χ4n) is 2.82. The summed E-state index contributed by atoms with van der Waals surface area (Å²) in [6, 6.07) is 15.4. The summed E-state index contributed by atoms with van der Waals surface area (Å²) < 4.78 is 5.77. The maximum atomic E-state index is 12.8. The van der Waals surface area contributed by atoms with Crippen molar-refractivity contribution in [2.24, 2.45) is 0 Å². The number of hydrogen-bond donors (Lipinski definition) is 0. The number of ketones is 1. The molecule has 0 saturated heterocycles. The zero-order valence-corrected chi connectivity index (χ0v) is 14.0. The second-order valence-corrected chi connectivity index (χ2v) is 5.91. The number of benzene rings is 2. The molecule has 0 N–H and O–H groups in total. The molecule has 0 aromatic heterocycles. The summed E-state index contributed by atoms with van der Waals surface area (Å²) in [7, 11) is 0. The average Bonchev–Trinajstić information content (AvgIpc) is 2.74. The lowest BCUT2D eigenvalue weighted by Crippen LogP contribution is -2.45. The monoisotopic (exact) mass is 337 g/mol. The smallest absolute Gasteiger partial charge is 0.270 e. The van der Waals surface area contributed by atoms with Crippen LogP contribution in [-0.4, -0.2) is 35.1 Å². The number of rotatable bonds is 5. The van der Waals surface area contributed by atoms with Crippen LogP contribution in [0.1, 0.15) is 40.5 Å². The van der Waals surface area contributed by atoms with E-state index in [0.29, 0.717) is 23.3 Å². The number of amides is 2. The van der Waals surface area contributed by atoms with Crippen molar-refractivity contribution in [1.29, 1.82) is 0 Å². The lowest BCUT2D eigenvalue weighted by atomic mass is 10.1. The maximum Gasteiger partial charge on any atom is 0.270 e. The first-order valence-corrected chi connectivity index (χ1v) is 8.31. The highest BCUT2D eigenvalue weighted by atomic mass is 16.5. The van der Waals surface area contributed by atoms with Crippen molar-refractivity contribution in [2.75, 3.05) is 6.54 Å². The van der Waals surface area contributed by atoms with E-state index in [2.05, 4.69) is 0 Å². The Morgan fingerprint density at radius 3 is 2.44 bits per heavy atom. The lowest BCUT2D eigenvalue weighted by molar-refractivity contribution is -0.135. The van der Waals surface area contributed by atoms with E-state index in [9.17, 15) is 14.4 Å². The first-order valence-electron chi connectivity index (χ1n) is 8.31. The van der Waals surface area contributed by atoms with Gasteiger partial charge in [0.25, 0.3) is 11.8 Å². The van der Waals surface area contributed by atoms with Gasteiger partial charge in [0, 0.05) is 5.56 Å². The first-order chi connectivity index (χ1) is 12.1. The predicted octanol–water partition coefficient (Wildman–Crippen LogP) is 3.10. The van der Waals surface area contributed by atoms with Crippen LogP contribution in [0.2, 0.25) is 0 Å². The van der Waals surface area contributed by atoms with Gasteiger partial charge in [-0.2, -0.15) is 0 Å². The van der Waals surface area contributed by atoms with Gasteiger partial charge in [0.15, 0.2) is 11.9 Å². The highest BCUT2D eigenvalue weighted by molar-refractivity contribution is 6.12. The highest BCUT2D eigenvalue weighted by Crippen LogP contribution is 2.27. The third-order valence-corrected chi connectivity index (χ3v) is 4.12. The van der Waals surface area contributed by atoms with Crippen LogP contribution in [0.15, 0.2) is 54.6 Å². The second-order valence-electron chi connectivity index (χ2n) is 5.91. The Balaban J connectivity index is 1.94. The Bertz CT molecular complexity index is 800. The molecule has 0 bridgehead atoms. The number of imide groups is 1. The third kappa shape index (κ3) is 3.45. The molecule has 1 heterocycles. The molecule has 2 aromatic carbocycles. The SMILES string of the molecule is CCC[C@@H]1Oc2ccccc2C(=O)N(CC(=O)c2ccccc2)C1=O. The molecule has 1 atom stereocenters. The van der Waals surface area contributed by atoms with Gasteiger partial charge in [-0.15, -0.1) is 0 Å². The van der Waals surface area contributed by atoms with E-state index in [1.54, 1.807) is 54.6 Å². The van der Waals surface area contributed by atoms with Gasteiger partial charge in [-0.25, -0.2) is 0 Å². The number of hydrogen-bond acceptors (Lipinski definition) is 4. The zero-order valence-electron chi connectivity index (χ0n) is 14.0. The number of fused-ring (bicyclic) bond motifs is 1. The van der Waals surface area contributed by atoms with Gasteiger partial charge >= 0.3 is 0 Å². The summed E-state index contributed by atoms with van der Waals surface area (Å²) in [6.45, 7) is 1.65. The van der Waals surface area contributed by atoms with Crippen molar-refractivity contribution in [2.45, 2.75) is 25.9 Å². The van der Waals surface area contributed by atoms with Crippen molar-refractivity contribution in [3.8, 4) is 5.75 Å². The predicted molar refractivity (Wildman–Crippen MR) is 92.6 cm³/mol. The van der Waals surface area contributed by atoms with E-state index in [1.807, 2.05) is 6.92 Å². The van der Waals surface area contributed by atoms with Crippen molar-refractivity contribution >= 4 is 17.6 Å². The molecular formula is C20H19NO4. The van der Waals surface area contributed by atoms with E-state index in [4.69, 9.17) is 4.74 Å². The van der Waals surface area contributed by atoms with Gasteiger partial charge in [-0.05, 0) is 18.6 Å². The summed E-state index contributed by atoms with van der Waals surface area (Å²) >= 11 is 0. The van der Waals surface area contributed by atoms with Gasteiger partial charge < -0.3 is 4.74 Å². The van der Waals surface area contributed by atoms with Crippen molar-refractivity contribution in [1.82, 2.24) is 4.90 Å². The fourth-order valence-corrected chi connectivity index (χ4v) is 2.82. The molecule has 0 saturated carbocycles. The molecule has 0 fully saturated rings. The molecule has 1 aliphatic rings. The second kappa shape index (κ2) is 7.30. The molecule has 3 rings (SSSR count). The number of nitrogens with zero attached hydrogens (tertiary/aromatic N) is 1. The molecule has 5 heteroatoms. The topological polar surface area (TPSA) is 63.7 Å². The molecule has 2 aromatic rings. The number of carbonyl (C=O) groups excluding carboxylic acids is 3. The van der Waals surface area contributed by atoms with E-state index >= 15 is 0 Å². The molecule has 1 aliphatic heterocycles. The summed E-state index contributed by atoms with van der Waals surface area (Å²) in [5, 5.41) is 0. The normalized spacial score (nSPS) is 16.8. The molecule has 0 radical (unpaired) electrons. The molecule has 0 unspecified atom stereocenters. The number of ether oxygens (including phenoxy) is 1. The number of Topliss-reactive ketones (excluding diaryl/α,β-unsaturated/α-hetero) is 1. The Hall–Kier alpha value is -2.95. The van der Waals surface area contributed by atoms with Crippen LogP contribution >= 0.6 is 0 Å². The molecule has 0 aliphatic carbocycles. The average molecular weight is 337 g/mol. The van der Waals surface area contributed by atoms with Crippen LogP contribution in [0.5, 0.6) is 5.75 Å². The van der Waals surface area contributed by atoms with Crippen molar-refractivity contribution < 1.29 is 19.1 Å². The minimum atomic E-state index is -0.763. The summed E-state index contributed by atoms with van der Waals surface area (Å²) in [5.74, 6) is -0.860. The van der Waals surface area contributed by atoms with Crippen molar-refractivity contribution in [3.63, 3.8) is 0 Å². The van der Waals surface area contributed by atoms with Gasteiger partial charge in [0.2, 0.25) is 0 Å². The summed E-state index contributed by atoms with van der Waals surface area (Å²) in [4.78, 5) is 39.2. The molecule has 25 heavy (non-hydrogen) atoms. The van der Waals surface area contributed by atoms with E-state index in [1.165, 1.54) is 0 Å². The Kier molecular flexibility index (Phi) is 4.93. The molecular weight excluding hydrogens is 318 g/mol. The van der Waals surface area contributed by atoms with E-state index in [-0.39, 0.29) is 12.3 Å². The van der Waals surface area contributed by atoms with Crippen molar-refractivity contribution in [3.05, 3.63) is 65.7 Å². The lowest BCUT2D eigenvalue weighted by Gasteiger charge is -2.21.